The number of carbonyl (C=O) groups is 2. The van der Waals surface area contributed by atoms with Crippen LogP contribution in [0, 0.1) is 6.92 Å². The summed E-state index contributed by atoms with van der Waals surface area (Å²) in [6.45, 7) is 4.08. The van der Waals surface area contributed by atoms with E-state index < -0.39 is 11.7 Å². The number of aryl methyl sites for hydroxylation is 1. The molecule has 2 aromatic carbocycles. The Morgan fingerprint density at radius 3 is 2.55 bits per heavy atom. The lowest BCUT2D eigenvalue weighted by Crippen LogP contribution is -2.39. The number of hydrogen-bond acceptors (Lipinski definition) is 3. The van der Waals surface area contributed by atoms with Gasteiger partial charge in [0.15, 0.2) is 0 Å². The Hall–Kier alpha value is -2.63. The van der Waals surface area contributed by atoms with E-state index in [1.165, 1.54) is 0 Å². The Kier molecular flexibility index (Phi) is 5.69. The molecule has 0 bridgehead atoms. The number of fused-ring (bicyclic) bond motifs is 1. The summed E-state index contributed by atoms with van der Waals surface area (Å²) in [6, 6.07) is 15.2. The van der Waals surface area contributed by atoms with Crippen LogP contribution in [0.2, 0.25) is 5.02 Å². The van der Waals surface area contributed by atoms with Crippen LogP contribution in [-0.2, 0) is 4.79 Å². The minimum atomic E-state index is -0.589. The summed E-state index contributed by atoms with van der Waals surface area (Å²) in [4.78, 5) is 31.2. The van der Waals surface area contributed by atoms with E-state index >= 15 is 0 Å². The van der Waals surface area contributed by atoms with Crippen molar-refractivity contribution in [2.24, 2.45) is 0 Å². The van der Waals surface area contributed by atoms with Crippen molar-refractivity contribution in [3.63, 3.8) is 0 Å². The molecular formula is C23H24ClN3O2. The van der Waals surface area contributed by atoms with Gasteiger partial charge in [-0.15, -0.1) is 0 Å². The third-order valence-electron chi connectivity index (χ3n) is 5.63. The van der Waals surface area contributed by atoms with E-state index in [1.807, 2.05) is 55.5 Å². The van der Waals surface area contributed by atoms with Gasteiger partial charge in [0.25, 0.3) is 11.7 Å². The van der Waals surface area contributed by atoms with Gasteiger partial charge in [0.05, 0.1) is 11.6 Å². The highest BCUT2D eigenvalue weighted by Crippen LogP contribution is 2.30. The number of hydrogen-bond donors (Lipinski definition) is 2. The Morgan fingerprint density at radius 2 is 1.79 bits per heavy atom. The van der Waals surface area contributed by atoms with Crippen molar-refractivity contribution in [3.8, 4) is 0 Å². The molecule has 1 atom stereocenters. The van der Waals surface area contributed by atoms with Crippen molar-refractivity contribution in [1.82, 2.24) is 15.2 Å². The average Bonchev–Trinajstić information content (AvgIpc) is 3.36. The highest BCUT2D eigenvalue weighted by Gasteiger charge is 2.28. The number of nitrogens with one attached hydrogen (secondary N) is 2. The van der Waals surface area contributed by atoms with Gasteiger partial charge >= 0.3 is 0 Å². The van der Waals surface area contributed by atoms with Crippen LogP contribution in [-0.4, -0.2) is 41.2 Å². The van der Waals surface area contributed by atoms with Gasteiger partial charge in [-0.2, -0.15) is 0 Å². The number of carbonyl (C=O) groups excluding carboxylic acids is 2. The molecule has 1 unspecified atom stereocenters. The van der Waals surface area contributed by atoms with Crippen LogP contribution in [0.5, 0.6) is 0 Å². The number of nitrogens with zero attached hydrogens (tertiary/aromatic N) is 1. The summed E-state index contributed by atoms with van der Waals surface area (Å²) in [7, 11) is 0. The molecule has 2 heterocycles. The molecule has 0 spiro atoms. The monoisotopic (exact) mass is 409 g/mol. The third-order valence-corrected chi connectivity index (χ3v) is 5.97. The molecule has 150 valence electrons. The summed E-state index contributed by atoms with van der Waals surface area (Å²) >= 11 is 6.43. The molecular weight excluding hydrogens is 386 g/mol. The standard InChI is InChI=1S/C23H24ClN3O2/c1-15-21(17-9-3-5-11-19(17)26-15)22(28)23(29)25-14-20(27-12-6-7-13-27)16-8-2-4-10-18(16)24/h2-5,8-11,20,26H,6-7,12-14H2,1H3,(H,25,29). The SMILES string of the molecule is Cc1[nH]c2ccccc2c1C(=O)C(=O)NCC(c1ccccc1Cl)N1CCCC1. The van der Waals surface area contributed by atoms with Crippen molar-refractivity contribution in [1.29, 1.82) is 0 Å². The Morgan fingerprint density at radius 1 is 1.10 bits per heavy atom. The third kappa shape index (κ3) is 3.93. The molecule has 6 heteroatoms. The molecule has 2 N–H and O–H groups in total. The summed E-state index contributed by atoms with van der Waals surface area (Å²) in [6.07, 6.45) is 2.25. The van der Waals surface area contributed by atoms with Crippen molar-refractivity contribution in [3.05, 3.63) is 70.4 Å². The Labute approximate surface area is 175 Å². The minimum Gasteiger partial charge on any atom is -0.358 e. The van der Waals surface area contributed by atoms with Crippen molar-refractivity contribution >= 4 is 34.2 Å². The first kappa shape index (κ1) is 19.7. The summed E-state index contributed by atoms with van der Waals surface area (Å²) in [5.41, 5.74) is 2.97. The number of amides is 1. The number of ketones is 1. The molecule has 1 saturated heterocycles. The first-order valence-electron chi connectivity index (χ1n) is 9.94. The maximum Gasteiger partial charge on any atom is 0.292 e. The first-order chi connectivity index (χ1) is 14.1. The van der Waals surface area contributed by atoms with E-state index in [-0.39, 0.29) is 6.04 Å². The molecule has 3 aromatic rings. The summed E-state index contributed by atoms with van der Waals surface area (Å²) < 4.78 is 0. The van der Waals surface area contributed by atoms with Crippen LogP contribution >= 0.6 is 11.6 Å². The van der Waals surface area contributed by atoms with Gasteiger partial charge in [-0.25, -0.2) is 0 Å². The van der Waals surface area contributed by atoms with Gasteiger partial charge < -0.3 is 10.3 Å². The van der Waals surface area contributed by atoms with Gasteiger partial charge in [-0.05, 0) is 50.6 Å². The molecule has 1 amide bonds. The highest BCUT2D eigenvalue weighted by molar-refractivity contribution is 6.45. The molecule has 1 aliphatic heterocycles. The molecule has 1 fully saturated rings. The topological polar surface area (TPSA) is 65.2 Å². The highest BCUT2D eigenvalue weighted by atomic mass is 35.5. The molecule has 5 nitrogen and oxygen atoms in total. The zero-order valence-electron chi connectivity index (χ0n) is 16.4. The average molecular weight is 410 g/mol. The lowest BCUT2D eigenvalue weighted by Gasteiger charge is -2.28. The Balaban J connectivity index is 1.54. The fourth-order valence-corrected chi connectivity index (χ4v) is 4.45. The number of aromatic nitrogens is 1. The van der Waals surface area contributed by atoms with Crippen LogP contribution in [0.25, 0.3) is 10.9 Å². The normalized spacial score (nSPS) is 15.5. The van der Waals surface area contributed by atoms with Crippen LogP contribution in [0.3, 0.4) is 0 Å². The van der Waals surface area contributed by atoms with Gasteiger partial charge in [0, 0.05) is 28.2 Å². The number of benzene rings is 2. The Bertz CT molecular complexity index is 1050. The molecule has 0 radical (unpaired) electrons. The fraction of sp³-hybridized carbons (Fsp3) is 0.304. The maximum atomic E-state index is 12.9. The largest absolute Gasteiger partial charge is 0.358 e. The second kappa shape index (κ2) is 8.39. The molecule has 1 aliphatic rings. The van der Waals surface area contributed by atoms with Crippen LogP contribution in [0.15, 0.2) is 48.5 Å². The quantitative estimate of drug-likeness (QED) is 0.472. The number of rotatable bonds is 6. The van der Waals surface area contributed by atoms with E-state index in [1.54, 1.807) is 0 Å². The molecule has 29 heavy (non-hydrogen) atoms. The van der Waals surface area contributed by atoms with Crippen LogP contribution < -0.4 is 5.32 Å². The predicted octanol–water partition coefficient (Wildman–Crippen LogP) is 4.27. The second-order valence-corrected chi connectivity index (χ2v) is 7.90. The maximum absolute atomic E-state index is 12.9. The van der Waals surface area contributed by atoms with Gasteiger partial charge in [0.1, 0.15) is 0 Å². The lowest BCUT2D eigenvalue weighted by atomic mass is 10.0. The van der Waals surface area contributed by atoms with Crippen LogP contribution in [0.1, 0.15) is 40.5 Å². The molecule has 0 aliphatic carbocycles. The first-order valence-corrected chi connectivity index (χ1v) is 10.3. The van der Waals surface area contributed by atoms with Crippen molar-refractivity contribution in [2.75, 3.05) is 19.6 Å². The fourth-order valence-electron chi connectivity index (χ4n) is 4.19. The minimum absolute atomic E-state index is 0.0491. The zero-order chi connectivity index (χ0) is 20.4. The van der Waals surface area contributed by atoms with Gasteiger partial charge in [0.2, 0.25) is 0 Å². The zero-order valence-corrected chi connectivity index (χ0v) is 17.1. The summed E-state index contributed by atoms with van der Waals surface area (Å²) in [5.74, 6) is -1.10. The van der Waals surface area contributed by atoms with Crippen molar-refractivity contribution in [2.45, 2.75) is 25.8 Å². The second-order valence-electron chi connectivity index (χ2n) is 7.49. The molecule has 4 rings (SSSR count). The predicted molar refractivity (Wildman–Crippen MR) is 115 cm³/mol. The summed E-state index contributed by atoms with van der Waals surface area (Å²) in [5, 5.41) is 4.31. The van der Waals surface area contributed by atoms with Crippen molar-refractivity contribution < 1.29 is 9.59 Å². The smallest absolute Gasteiger partial charge is 0.292 e. The van der Waals surface area contributed by atoms with Gasteiger partial charge in [-0.1, -0.05) is 48.0 Å². The molecule has 1 aromatic heterocycles. The number of H-pyrrole nitrogens is 1. The van der Waals surface area contributed by atoms with Crippen LogP contribution in [0.4, 0.5) is 0 Å². The van der Waals surface area contributed by atoms with E-state index in [9.17, 15) is 9.59 Å². The van der Waals surface area contributed by atoms with E-state index in [0.717, 1.165) is 42.4 Å². The number of Topliss-reactive ketones (excluding diaryl/α,β-unsaturated/α-hetero) is 1. The number of aromatic amines is 1. The number of para-hydroxylation sites is 1. The van der Waals surface area contributed by atoms with Gasteiger partial charge in [-0.3, -0.25) is 14.5 Å². The van der Waals surface area contributed by atoms with E-state index in [4.69, 9.17) is 11.6 Å². The number of halogens is 1. The van der Waals surface area contributed by atoms with E-state index in [0.29, 0.717) is 22.8 Å². The number of likely N-dealkylation sites (tertiary alicyclic amines) is 1. The molecule has 0 saturated carbocycles. The lowest BCUT2D eigenvalue weighted by molar-refractivity contribution is -0.117. The van der Waals surface area contributed by atoms with E-state index in [2.05, 4.69) is 15.2 Å².